The van der Waals surface area contributed by atoms with Crippen molar-refractivity contribution in [3.05, 3.63) is 0 Å². The summed E-state index contributed by atoms with van der Waals surface area (Å²) < 4.78 is 0. The Bertz CT molecular complexity index is 678. The van der Waals surface area contributed by atoms with Gasteiger partial charge in [-0.2, -0.15) is 11.8 Å². The highest BCUT2D eigenvalue weighted by Crippen LogP contribution is 2.19. The maximum atomic E-state index is 12.8. The Kier molecular flexibility index (Phi) is 11.3. The lowest BCUT2D eigenvalue weighted by molar-refractivity contribution is -0.141. The Hall–Kier alpha value is -2.38. The van der Waals surface area contributed by atoms with Crippen molar-refractivity contribution in [3.8, 4) is 0 Å². The number of aliphatic hydroxyl groups is 1. The molecule has 0 spiro atoms. The van der Waals surface area contributed by atoms with Crippen LogP contribution in [-0.4, -0.2) is 88.9 Å². The molecule has 12 nitrogen and oxygen atoms in total. The molecule has 1 heterocycles. The second kappa shape index (κ2) is 13.1. The largest absolute Gasteiger partial charge is 0.394 e. The van der Waals surface area contributed by atoms with Crippen molar-refractivity contribution in [2.45, 2.75) is 56.3 Å². The van der Waals surface area contributed by atoms with Crippen LogP contribution < -0.4 is 27.8 Å². The molecule has 1 aliphatic rings. The predicted molar refractivity (Wildman–Crippen MR) is 114 cm³/mol. The Morgan fingerprint density at radius 2 is 1.81 bits per heavy atom. The zero-order chi connectivity index (χ0) is 23.6. The van der Waals surface area contributed by atoms with Gasteiger partial charge in [-0.1, -0.05) is 0 Å². The number of carbonyl (C=O) groups excluding carboxylic acids is 5. The average Bonchev–Trinajstić information content (AvgIpc) is 3.22. The molecule has 1 saturated heterocycles. The van der Waals surface area contributed by atoms with E-state index in [2.05, 4.69) is 10.6 Å². The zero-order valence-corrected chi connectivity index (χ0v) is 18.4. The number of likely N-dealkylation sites (tertiary alicyclic amines) is 1. The first-order chi connectivity index (χ1) is 14.6. The normalized spacial score (nSPS) is 18.7. The highest BCUT2D eigenvalue weighted by Gasteiger charge is 2.37. The van der Waals surface area contributed by atoms with E-state index in [1.54, 1.807) is 0 Å². The molecule has 0 unspecified atom stereocenters. The number of aliphatic hydroxyl groups excluding tert-OH is 1. The molecule has 0 aromatic heterocycles. The molecule has 31 heavy (non-hydrogen) atoms. The average molecular weight is 461 g/mol. The Balaban J connectivity index is 2.86. The van der Waals surface area contributed by atoms with Gasteiger partial charge in [-0.15, -0.1) is 0 Å². The fraction of sp³-hybridized carbons (Fsp3) is 0.722. The van der Waals surface area contributed by atoms with Gasteiger partial charge in [-0.3, -0.25) is 24.0 Å². The summed E-state index contributed by atoms with van der Waals surface area (Å²) in [5, 5.41) is 14.2. The first kappa shape index (κ1) is 26.7. The molecule has 0 aromatic rings. The van der Waals surface area contributed by atoms with Gasteiger partial charge in [0.1, 0.15) is 24.2 Å². The van der Waals surface area contributed by atoms with E-state index in [0.717, 1.165) is 0 Å². The highest BCUT2D eigenvalue weighted by molar-refractivity contribution is 7.98. The van der Waals surface area contributed by atoms with Crippen molar-refractivity contribution >= 4 is 41.3 Å². The van der Waals surface area contributed by atoms with Crippen molar-refractivity contribution in [1.82, 2.24) is 15.5 Å². The summed E-state index contributed by atoms with van der Waals surface area (Å²) in [7, 11) is 0. The quantitative estimate of drug-likeness (QED) is 0.164. The van der Waals surface area contributed by atoms with Crippen LogP contribution in [0.5, 0.6) is 0 Å². The van der Waals surface area contributed by atoms with Crippen LogP contribution in [0.2, 0.25) is 0 Å². The smallest absolute Gasteiger partial charge is 0.243 e. The second-order valence-corrected chi connectivity index (χ2v) is 8.28. The lowest BCUT2D eigenvalue weighted by atomic mass is 10.1. The van der Waals surface area contributed by atoms with Crippen molar-refractivity contribution < 1.29 is 29.1 Å². The van der Waals surface area contributed by atoms with Crippen molar-refractivity contribution in [1.29, 1.82) is 0 Å². The molecule has 1 rings (SSSR count). The van der Waals surface area contributed by atoms with Crippen molar-refractivity contribution in [3.63, 3.8) is 0 Å². The molecular formula is C18H32N6O6S. The Morgan fingerprint density at radius 3 is 2.35 bits per heavy atom. The summed E-state index contributed by atoms with van der Waals surface area (Å²) in [4.78, 5) is 61.8. The van der Waals surface area contributed by atoms with Crippen LogP contribution in [0.3, 0.4) is 0 Å². The number of amides is 5. The van der Waals surface area contributed by atoms with Crippen LogP contribution in [-0.2, 0) is 24.0 Å². The molecule has 0 saturated carbocycles. The van der Waals surface area contributed by atoms with Crippen LogP contribution in [0.4, 0.5) is 0 Å². The summed E-state index contributed by atoms with van der Waals surface area (Å²) in [5.74, 6) is -2.60. The first-order valence-corrected chi connectivity index (χ1v) is 11.4. The number of primary amides is 2. The second-order valence-electron chi connectivity index (χ2n) is 7.29. The van der Waals surface area contributed by atoms with E-state index in [1.165, 1.54) is 16.7 Å². The van der Waals surface area contributed by atoms with Crippen molar-refractivity contribution in [2.24, 2.45) is 17.2 Å². The van der Waals surface area contributed by atoms with Crippen molar-refractivity contribution in [2.75, 3.05) is 25.2 Å². The third-order valence-electron chi connectivity index (χ3n) is 4.94. The molecule has 0 aromatic carbocycles. The summed E-state index contributed by atoms with van der Waals surface area (Å²) >= 11 is 1.47. The fourth-order valence-corrected chi connectivity index (χ4v) is 3.68. The van der Waals surface area contributed by atoms with Gasteiger partial charge in [0.05, 0.1) is 6.61 Å². The molecule has 4 atom stereocenters. The molecule has 0 radical (unpaired) electrons. The number of hydrogen-bond acceptors (Lipinski definition) is 8. The van der Waals surface area contributed by atoms with Crippen LogP contribution in [0, 0.1) is 0 Å². The number of nitrogens with zero attached hydrogens (tertiary/aromatic N) is 1. The van der Waals surface area contributed by atoms with E-state index in [0.29, 0.717) is 25.1 Å². The first-order valence-electron chi connectivity index (χ1n) is 9.96. The molecule has 1 fully saturated rings. The van der Waals surface area contributed by atoms with Gasteiger partial charge in [0.25, 0.3) is 0 Å². The molecule has 176 valence electrons. The number of hydrogen-bond donors (Lipinski definition) is 6. The summed E-state index contributed by atoms with van der Waals surface area (Å²) in [6.07, 6.45) is 2.90. The maximum Gasteiger partial charge on any atom is 0.243 e. The van der Waals surface area contributed by atoms with E-state index < -0.39 is 60.3 Å². The van der Waals surface area contributed by atoms with Gasteiger partial charge >= 0.3 is 0 Å². The molecular weight excluding hydrogens is 428 g/mol. The van der Waals surface area contributed by atoms with Crippen LogP contribution in [0.25, 0.3) is 0 Å². The minimum atomic E-state index is -1.12. The summed E-state index contributed by atoms with van der Waals surface area (Å²) in [6, 6.07) is -4.01. The summed E-state index contributed by atoms with van der Waals surface area (Å²) in [5.41, 5.74) is 16.0. The highest BCUT2D eigenvalue weighted by atomic mass is 32.2. The Morgan fingerprint density at radius 1 is 1.13 bits per heavy atom. The SMILES string of the molecule is CSCC[C@H](NC(=O)[C@@H]1CCCN1C(=O)[C@@H](N)CO)C(=O)N[C@@H](CCC(N)=O)C(N)=O. The zero-order valence-electron chi connectivity index (χ0n) is 17.5. The van der Waals surface area contributed by atoms with Crippen LogP contribution >= 0.6 is 11.8 Å². The van der Waals surface area contributed by atoms with Gasteiger partial charge in [0.2, 0.25) is 29.5 Å². The third-order valence-corrected chi connectivity index (χ3v) is 5.58. The molecule has 13 heteroatoms. The lowest BCUT2D eigenvalue weighted by Crippen LogP contribution is -2.57. The number of rotatable bonds is 13. The fourth-order valence-electron chi connectivity index (χ4n) is 3.21. The van der Waals surface area contributed by atoms with Crippen LogP contribution in [0.1, 0.15) is 32.1 Å². The number of carbonyl (C=O) groups is 5. The van der Waals surface area contributed by atoms with Gasteiger partial charge in [-0.05, 0) is 37.7 Å². The molecule has 5 amide bonds. The minimum absolute atomic E-state index is 0.0520. The molecule has 1 aliphatic heterocycles. The molecule has 0 aliphatic carbocycles. The van der Waals surface area contributed by atoms with Gasteiger partial charge in [0.15, 0.2) is 0 Å². The molecule has 0 bridgehead atoms. The van der Waals surface area contributed by atoms with Gasteiger partial charge < -0.3 is 37.8 Å². The minimum Gasteiger partial charge on any atom is -0.394 e. The molecule has 9 N–H and O–H groups in total. The number of nitrogens with one attached hydrogen (secondary N) is 2. The lowest BCUT2D eigenvalue weighted by Gasteiger charge is -2.28. The monoisotopic (exact) mass is 460 g/mol. The van der Waals surface area contributed by atoms with Gasteiger partial charge in [-0.25, -0.2) is 0 Å². The van der Waals surface area contributed by atoms with E-state index in [4.69, 9.17) is 22.3 Å². The number of nitrogens with two attached hydrogens (primary N) is 3. The summed E-state index contributed by atoms with van der Waals surface area (Å²) in [6.45, 7) is -0.217. The topological polar surface area (TPSA) is 211 Å². The van der Waals surface area contributed by atoms with E-state index in [1.807, 2.05) is 6.26 Å². The van der Waals surface area contributed by atoms with Gasteiger partial charge in [0, 0.05) is 13.0 Å². The Labute approximate surface area is 185 Å². The van der Waals surface area contributed by atoms with E-state index >= 15 is 0 Å². The van der Waals surface area contributed by atoms with E-state index in [9.17, 15) is 24.0 Å². The standard InChI is InChI=1S/C18H32N6O6S/c1-31-8-6-12(16(28)22-11(15(21)27)4-5-14(20)26)23-17(29)13-3-2-7-24(13)18(30)10(19)9-25/h10-13,25H,2-9,19H2,1H3,(H2,20,26)(H2,21,27)(H,22,28)(H,23,29)/t10-,11-,12-,13-/m0/s1. The number of thioether (sulfide) groups is 1. The third kappa shape index (κ3) is 8.34. The predicted octanol–water partition coefficient (Wildman–Crippen LogP) is -3.23. The maximum absolute atomic E-state index is 12.8. The van der Waals surface area contributed by atoms with E-state index in [-0.39, 0.29) is 19.3 Å². The van der Waals surface area contributed by atoms with Crippen LogP contribution in [0.15, 0.2) is 0 Å².